The molecular formula is C16H15ClF3N3O3. The molecule has 0 aromatic heterocycles. The van der Waals surface area contributed by atoms with Gasteiger partial charge in [-0.1, -0.05) is 25.4 Å². The van der Waals surface area contributed by atoms with E-state index in [-0.39, 0.29) is 5.02 Å². The minimum absolute atomic E-state index is 0.133. The van der Waals surface area contributed by atoms with E-state index in [1.807, 2.05) is 0 Å². The zero-order valence-corrected chi connectivity index (χ0v) is 14.4. The van der Waals surface area contributed by atoms with Gasteiger partial charge in [-0.15, -0.1) is 0 Å². The minimum Gasteiger partial charge on any atom is -0.480 e. The summed E-state index contributed by atoms with van der Waals surface area (Å²) in [6.07, 6.45) is -3.94. The number of amides is 1. The fraction of sp³-hybridized carbons (Fsp3) is 0.312. The maximum absolute atomic E-state index is 13.0. The van der Waals surface area contributed by atoms with Crippen molar-refractivity contribution in [3.05, 3.63) is 40.6 Å². The summed E-state index contributed by atoms with van der Waals surface area (Å²) in [5.41, 5.74) is -2.08. The van der Waals surface area contributed by atoms with E-state index in [2.05, 4.69) is 10.6 Å². The van der Waals surface area contributed by atoms with Crippen molar-refractivity contribution in [2.45, 2.75) is 26.1 Å². The summed E-state index contributed by atoms with van der Waals surface area (Å²) < 4.78 is 39.0. The first-order chi connectivity index (χ1) is 12.0. The summed E-state index contributed by atoms with van der Waals surface area (Å²) in [5.74, 6) is -2.78. The molecule has 0 radical (unpaired) electrons. The number of rotatable bonds is 6. The van der Waals surface area contributed by atoms with E-state index >= 15 is 0 Å². The van der Waals surface area contributed by atoms with Gasteiger partial charge in [0, 0.05) is 11.2 Å². The third kappa shape index (κ3) is 5.67. The molecule has 6 nitrogen and oxygen atoms in total. The monoisotopic (exact) mass is 389 g/mol. The van der Waals surface area contributed by atoms with Crippen molar-refractivity contribution in [1.29, 1.82) is 5.26 Å². The predicted molar refractivity (Wildman–Crippen MR) is 88.2 cm³/mol. The Morgan fingerprint density at radius 1 is 1.35 bits per heavy atom. The zero-order chi connectivity index (χ0) is 20.1. The van der Waals surface area contributed by atoms with E-state index < -0.39 is 46.8 Å². The lowest BCUT2D eigenvalue weighted by molar-refractivity contribution is -0.142. The smallest absolute Gasteiger partial charge is 0.418 e. The molecule has 140 valence electrons. The van der Waals surface area contributed by atoms with Crippen LogP contribution in [0.25, 0.3) is 0 Å². The number of carboxylic acids is 1. The van der Waals surface area contributed by atoms with Gasteiger partial charge in [-0.3, -0.25) is 4.79 Å². The SMILES string of the molecule is CC(C)C(NC(=O)/C(C#N)=C\Nc1ccc(Cl)cc1C(F)(F)F)C(=O)O. The number of aliphatic carboxylic acids is 1. The Balaban J connectivity index is 3.07. The van der Waals surface area contributed by atoms with Crippen LogP contribution in [0, 0.1) is 17.2 Å². The van der Waals surface area contributed by atoms with Crippen LogP contribution in [0.3, 0.4) is 0 Å². The summed E-state index contributed by atoms with van der Waals surface area (Å²) in [4.78, 5) is 23.1. The third-order valence-electron chi connectivity index (χ3n) is 3.24. The molecule has 1 rings (SSSR count). The maximum Gasteiger partial charge on any atom is 0.418 e. The van der Waals surface area contributed by atoms with Gasteiger partial charge in [0.2, 0.25) is 0 Å². The van der Waals surface area contributed by atoms with E-state index in [0.717, 1.165) is 12.3 Å². The number of alkyl halides is 3. The highest BCUT2D eigenvalue weighted by molar-refractivity contribution is 6.30. The molecular weight excluding hydrogens is 375 g/mol. The molecule has 0 aliphatic heterocycles. The summed E-state index contributed by atoms with van der Waals surface area (Å²) in [7, 11) is 0. The van der Waals surface area contributed by atoms with Crippen LogP contribution in [0.1, 0.15) is 19.4 Å². The molecule has 0 spiro atoms. The molecule has 26 heavy (non-hydrogen) atoms. The highest BCUT2D eigenvalue weighted by Crippen LogP contribution is 2.36. The number of benzene rings is 1. The van der Waals surface area contributed by atoms with Gasteiger partial charge in [-0.05, 0) is 24.1 Å². The van der Waals surface area contributed by atoms with Crippen molar-refractivity contribution in [1.82, 2.24) is 5.32 Å². The second-order valence-corrected chi connectivity index (χ2v) is 5.97. The second kappa shape index (κ2) is 8.58. The van der Waals surface area contributed by atoms with Crippen LogP contribution in [-0.4, -0.2) is 23.0 Å². The van der Waals surface area contributed by atoms with Gasteiger partial charge in [0.15, 0.2) is 0 Å². The van der Waals surface area contributed by atoms with Gasteiger partial charge in [-0.2, -0.15) is 18.4 Å². The van der Waals surface area contributed by atoms with E-state index in [1.165, 1.54) is 12.1 Å². The molecule has 0 aliphatic rings. The number of nitrogens with one attached hydrogen (secondary N) is 2. The number of carboxylic acid groups (broad SMARTS) is 1. The average molecular weight is 390 g/mol. The highest BCUT2D eigenvalue weighted by atomic mass is 35.5. The molecule has 3 N–H and O–H groups in total. The molecule has 10 heteroatoms. The Bertz CT molecular complexity index is 770. The van der Waals surface area contributed by atoms with Crippen LogP contribution in [0.5, 0.6) is 0 Å². The molecule has 0 heterocycles. The fourth-order valence-electron chi connectivity index (χ4n) is 1.91. The number of hydrogen-bond acceptors (Lipinski definition) is 4. The first kappa shape index (κ1) is 21.3. The lowest BCUT2D eigenvalue weighted by Gasteiger charge is -2.17. The third-order valence-corrected chi connectivity index (χ3v) is 3.48. The summed E-state index contributed by atoms with van der Waals surface area (Å²) in [6, 6.07) is 3.21. The van der Waals surface area contributed by atoms with Crippen LogP contribution in [0.15, 0.2) is 30.0 Å². The number of nitriles is 1. The minimum atomic E-state index is -4.71. The summed E-state index contributed by atoms with van der Waals surface area (Å²) >= 11 is 5.56. The summed E-state index contributed by atoms with van der Waals surface area (Å²) in [5, 5.41) is 22.3. The van der Waals surface area contributed by atoms with Crippen LogP contribution >= 0.6 is 11.6 Å². The molecule has 1 unspecified atom stereocenters. The first-order valence-corrected chi connectivity index (χ1v) is 7.62. The number of anilines is 1. The van der Waals surface area contributed by atoms with Crippen molar-refractivity contribution in [2.24, 2.45) is 5.92 Å². The number of nitrogens with zero attached hydrogens (tertiary/aromatic N) is 1. The molecule has 1 aromatic rings. The van der Waals surface area contributed by atoms with Gasteiger partial charge in [0.25, 0.3) is 5.91 Å². The van der Waals surface area contributed by atoms with E-state index in [0.29, 0.717) is 6.07 Å². The molecule has 0 bridgehead atoms. The van der Waals surface area contributed by atoms with Crippen molar-refractivity contribution in [3.63, 3.8) is 0 Å². The molecule has 0 aliphatic carbocycles. The average Bonchev–Trinajstić information content (AvgIpc) is 2.52. The lowest BCUT2D eigenvalue weighted by atomic mass is 10.0. The normalized spacial score (nSPS) is 13.1. The van der Waals surface area contributed by atoms with Crippen LogP contribution < -0.4 is 10.6 Å². The molecule has 1 amide bonds. The van der Waals surface area contributed by atoms with Gasteiger partial charge >= 0.3 is 12.1 Å². The van der Waals surface area contributed by atoms with Crippen LogP contribution in [0.2, 0.25) is 5.02 Å². The Labute approximate surface area is 152 Å². The predicted octanol–water partition coefficient (Wildman–Crippen LogP) is 3.40. The van der Waals surface area contributed by atoms with Gasteiger partial charge in [-0.25, -0.2) is 4.79 Å². The van der Waals surface area contributed by atoms with Gasteiger partial charge in [0.1, 0.15) is 17.7 Å². The Morgan fingerprint density at radius 3 is 2.42 bits per heavy atom. The summed E-state index contributed by atoms with van der Waals surface area (Å²) in [6.45, 7) is 3.10. The topological polar surface area (TPSA) is 102 Å². The van der Waals surface area contributed by atoms with Crippen molar-refractivity contribution < 1.29 is 27.9 Å². The molecule has 0 fully saturated rings. The first-order valence-electron chi connectivity index (χ1n) is 7.24. The molecule has 1 aromatic carbocycles. The molecule has 0 saturated carbocycles. The number of carbonyl (C=O) groups excluding carboxylic acids is 1. The molecule has 1 atom stereocenters. The highest BCUT2D eigenvalue weighted by Gasteiger charge is 2.33. The quantitative estimate of drug-likeness (QED) is 0.511. The van der Waals surface area contributed by atoms with E-state index in [1.54, 1.807) is 13.8 Å². The number of hydrogen-bond donors (Lipinski definition) is 3. The number of carbonyl (C=O) groups is 2. The van der Waals surface area contributed by atoms with Crippen LogP contribution in [-0.2, 0) is 15.8 Å². The lowest BCUT2D eigenvalue weighted by Crippen LogP contribution is -2.44. The zero-order valence-electron chi connectivity index (χ0n) is 13.7. The van der Waals surface area contributed by atoms with E-state index in [4.69, 9.17) is 22.0 Å². The Morgan fingerprint density at radius 2 is 1.96 bits per heavy atom. The second-order valence-electron chi connectivity index (χ2n) is 5.54. The maximum atomic E-state index is 13.0. The largest absolute Gasteiger partial charge is 0.480 e. The van der Waals surface area contributed by atoms with Gasteiger partial charge in [0.05, 0.1) is 11.3 Å². The van der Waals surface area contributed by atoms with E-state index in [9.17, 15) is 22.8 Å². The van der Waals surface area contributed by atoms with Crippen LogP contribution in [0.4, 0.5) is 18.9 Å². The Hall–Kier alpha value is -2.73. The fourth-order valence-corrected chi connectivity index (χ4v) is 2.08. The molecule has 0 saturated heterocycles. The number of halogens is 4. The Kier molecular flexibility index (Phi) is 7.03. The van der Waals surface area contributed by atoms with Gasteiger partial charge < -0.3 is 15.7 Å². The van der Waals surface area contributed by atoms with Crippen molar-refractivity contribution in [2.75, 3.05) is 5.32 Å². The van der Waals surface area contributed by atoms with Crippen molar-refractivity contribution in [3.8, 4) is 6.07 Å². The standard InChI is InChI=1S/C16H15ClF3N3O3/c1-8(2)13(15(25)26)23-14(24)9(6-21)7-22-12-4-3-10(17)5-11(12)16(18,19)20/h3-5,7-8,13,22H,1-2H3,(H,23,24)(H,25,26)/b9-7-. The van der Waals surface area contributed by atoms with Crippen molar-refractivity contribution >= 4 is 29.2 Å².